The lowest BCUT2D eigenvalue weighted by atomic mass is 9.95. The first-order chi connectivity index (χ1) is 6.18. The molecule has 13 heavy (non-hydrogen) atoms. The first kappa shape index (κ1) is 9.16. The molecular weight excluding hydrogens is 233 g/mol. The van der Waals surface area contributed by atoms with Gasteiger partial charge in [-0.3, -0.25) is 0 Å². The van der Waals surface area contributed by atoms with E-state index in [9.17, 15) is 4.39 Å². The molecule has 1 aliphatic heterocycles. The summed E-state index contributed by atoms with van der Waals surface area (Å²) in [5.41, 5.74) is 1.95. The summed E-state index contributed by atoms with van der Waals surface area (Å²) in [7, 11) is 0. The quantitative estimate of drug-likeness (QED) is 0.739. The van der Waals surface area contributed by atoms with E-state index in [4.69, 9.17) is 0 Å². The molecule has 0 saturated carbocycles. The minimum absolute atomic E-state index is 0.0854. The van der Waals surface area contributed by atoms with Gasteiger partial charge in [0.15, 0.2) is 0 Å². The molecule has 0 fully saturated rings. The molecule has 1 N–H and O–H groups in total. The summed E-state index contributed by atoms with van der Waals surface area (Å²) in [6.45, 7) is 2.93. The van der Waals surface area contributed by atoms with Crippen molar-refractivity contribution in [2.45, 2.75) is 19.4 Å². The number of fused-ring (bicyclic) bond motifs is 1. The Morgan fingerprint density at radius 1 is 1.54 bits per heavy atom. The summed E-state index contributed by atoms with van der Waals surface area (Å²) in [5.74, 6) is -0.0854. The average Bonchev–Trinajstić information content (AvgIpc) is 2.07. The lowest BCUT2D eigenvalue weighted by molar-refractivity contribution is 0.512. The number of rotatable bonds is 0. The third kappa shape index (κ3) is 1.63. The van der Waals surface area contributed by atoms with Gasteiger partial charge < -0.3 is 5.32 Å². The summed E-state index contributed by atoms with van der Waals surface area (Å²) in [6, 6.07) is 3.79. The molecule has 0 spiro atoms. The predicted molar refractivity (Wildman–Crippen MR) is 54.2 cm³/mol. The summed E-state index contributed by atoms with van der Waals surface area (Å²) in [5, 5.41) is 3.31. The van der Waals surface area contributed by atoms with Crippen molar-refractivity contribution >= 4 is 15.9 Å². The topological polar surface area (TPSA) is 12.0 Å². The van der Waals surface area contributed by atoms with Crippen LogP contribution in [0.1, 0.15) is 24.1 Å². The van der Waals surface area contributed by atoms with Gasteiger partial charge in [0, 0.05) is 10.5 Å². The first-order valence-electron chi connectivity index (χ1n) is 4.39. The largest absolute Gasteiger partial charge is 0.310 e. The zero-order valence-electron chi connectivity index (χ0n) is 7.40. The van der Waals surface area contributed by atoms with E-state index in [0.29, 0.717) is 0 Å². The van der Waals surface area contributed by atoms with Gasteiger partial charge in [0.25, 0.3) is 0 Å². The van der Waals surface area contributed by atoms with E-state index in [1.807, 2.05) is 6.07 Å². The van der Waals surface area contributed by atoms with Crippen LogP contribution in [0.5, 0.6) is 0 Å². The molecule has 2 rings (SSSR count). The summed E-state index contributed by atoms with van der Waals surface area (Å²) in [4.78, 5) is 0. The van der Waals surface area contributed by atoms with Crippen LogP contribution in [0.15, 0.2) is 16.6 Å². The van der Waals surface area contributed by atoms with E-state index in [1.54, 1.807) is 0 Å². The lowest BCUT2D eigenvalue weighted by Crippen LogP contribution is -2.28. The van der Waals surface area contributed by atoms with Crippen molar-refractivity contribution in [1.29, 1.82) is 0 Å². The maximum Gasteiger partial charge on any atom is 0.127 e. The Morgan fingerprint density at radius 3 is 3.08 bits per heavy atom. The van der Waals surface area contributed by atoms with E-state index < -0.39 is 0 Å². The summed E-state index contributed by atoms with van der Waals surface area (Å²) in [6.07, 6.45) is 0.790. The first-order valence-corrected chi connectivity index (χ1v) is 5.19. The van der Waals surface area contributed by atoms with Gasteiger partial charge in [0.1, 0.15) is 5.82 Å². The molecule has 1 aromatic carbocycles. The van der Waals surface area contributed by atoms with Crippen molar-refractivity contribution < 1.29 is 4.39 Å². The Morgan fingerprint density at radius 2 is 2.31 bits per heavy atom. The van der Waals surface area contributed by atoms with Crippen LogP contribution >= 0.6 is 15.9 Å². The van der Waals surface area contributed by atoms with Gasteiger partial charge >= 0.3 is 0 Å². The van der Waals surface area contributed by atoms with Crippen LogP contribution in [0.4, 0.5) is 4.39 Å². The van der Waals surface area contributed by atoms with Crippen molar-refractivity contribution in [1.82, 2.24) is 5.32 Å². The van der Waals surface area contributed by atoms with Crippen LogP contribution in [-0.4, -0.2) is 6.54 Å². The van der Waals surface area contributed by atoms with Crippen LogP contribution < -0.4 is 5.32 Å². The van der Waals surface area contributed by atoms with Crippen LogP contribution in [0.25, 0.3) is 0 Å². The van der Waals surface area contributed by atoms with E-state index in [-0.39, 0.29) is 11.9 Å². The van der Waals surface area contributed by atoms with Crippen LogP contribution in [0, 0.1) is 5.82 Å². The minimum atomic E-state index is -0.0854. The van der Waals surface area contributed by atoms with Crippen LogP contribution in [0.2, 0.25) is 0 Å². The van der Waals surface area contributed by atoms with Crippen molar-refractivity contribution in [2.24, 2.45) is 0 Å². The normalized spacial score (nSPS) is 21.3. The van der Waals surface area contributed by atoms with Crippen LogP contribution in [-0.2, 0) is 6.42 Å². The smallest absolute Gasteiger partial charge is 0.127 e. The predicted octanol–water partition coefficient (Wildman–Crippen LogP) is 2.79. The molecule has 0 amide bonds. The standard InChI is InChI=1S/C10H11BrFN/c1-6-9-4-7(11)5-10(12)8(9)2-3-13-6/h4-6,13H,2-3H2,1H3/t6-/m1/s1. The Balaban J connectivity index is 2.56. The Bertz CT molecular complexity index is 338. The molecule has 1 aliphatic rings. The molecule has 0 unspecified atom stereocenters. The molecule has 0 radical (unpaired) electrons. The van der Waals surface area contributed by atoms with Crippen molar-refractivity contribution in [3.63, 3.8) is 0 Å². The van der Waals surface area contributed by atoms with Gasteiger partial charge in [-0.1, -0.05) is 15.9 Å². The SMILES string of the molecule is C[C@H]1NCCc2c(F)cc(Br)cc21. The maximum atomic E-state index is 13.4. The van der Waals surface area contributed by atoms with Crippen molar-refractivity contribution in [2.75, 3.05) is 6.54 Å². The fraction of sp³-hybridized carbons (Fsp3) is 0.400. The number of nitrogens with one attached hydrogen (secondary N) is 1. The third-order valence-electron chi connectivity index (χ3n) is 2.49. The number of benzene rings is 1. The van der Waals surface area contributed by atoms with Gasteiger partial charge in [-0.05, 0) is 43.1 Å². The summed E-state index contributed by atoms with van der Waals surface area (Å²) < 4.78 is 14.3. The van der Waals surface area contributed by atoms with Crippen molar-refractivity contribution in [3.8, 4) is 0 Å². The molecule has 0 bridgehead atoms. The van der Waals surface area contributed by atoms with Gasteiger partial charge in [0.2, 0.25) is 0 Å². The second kappa shape index (κ2) is 3.39. The lowest BCUT2D eigenvalue weighted by Gasteiger charge is -2.24. The van der Waals surface area contributed by atoms with E-state index in [2.05, 4.69) is 28.2 Å². The van der Waals surface area contributed by atoms with Gasteiger partial charge in [-0.25, -0.2) is 4.39 Å². The maximum absolute atomic E-state index is 13.4. The Hall–Kier alpha value is -0.410. The molecule has 70 valence electrons. The molecule has 0 aromatic heterocycles. The van der Waals surface area contributed by atoms with E-state index in [0.717, 1.165) is 28.6 Å². The molecule has 1 aromatic rings. The highest BCUT2D eigenvalue weighted by atomic mass is 79.9. The second-order valence-electron chi connectivity index (χ2n) is 3.38. The zero-order chi connectivity index (χ0) is 9.42. The monoisotopic (exact) mass is 243 g/mol. The zero-order valence-corrected chi connectivity index (χ0v) is 8.99. The van der Waals surface area contributed by atoms with Crippen LogP contribution in [0.3, 0.4) is 0 Å². The van der Waals surface area contributed by atoms with E-state index in [1.165, 1.54) is 6.07 Å². The number of hydrogen-bond acceptors (Lipinski definition) is 1. The van der Waals surface area contributed by atoms with Crippen molar-refractivity contribution in [3.05, 3.63) is 33.5 Å². The number of hydrogen-bond donors (Lipinski definition) is 1. The minimum Gasteiger partial charge on any atom is -0.310 e. The summed E-state index contributed by atoms with van der Waals surface area (Å²) >= 11 is 3.30. The molecule has 3 heteroatoms. The Kier molecular flexibility index (Phi) is 2.39. The molecule has 1 atom stereocenters. The fourth-order valence-corrected chi connectivity index (χ4v) is 2.24. The third-order valence-corrected chi connectivity index (χ3v) is 2.94. The molecular formula is C10H11BrFN. The highest BCUT2D eigenvalue weighted by Crippen LogP contribution is 2.28. The molecule has 1 nitrogen and oxygen atoms in total. The van der Waals surface area contributed by atoms with Gasteiger partial charge in [-0.2, -0.15) is 0 Å². The number of halogens is 2. The molecule has 0 saturated heterocycles. The molecule has 0 aliphatic carbocycles. The van der Waals surface area contributed by atoms with E-state index >= 15 is 0 Å². The highest BCUT2D eigenvalue weighted by molar-refractivity contribution is 9.10. The highest BCUT2D eigenvalue weighted by Gasteiger charge is 2.19. The average molecular weight is 244 g/mol. The van der Waals surface area contributed by atoms with Gasteiger partial charge in [0.05, 0.1) is 0 Å². The second-order valence-corrected chi connectivity index (χ2v) is 4.30. The van der Waals surface area contributed by atoms with Gasteiger partial charge in [-0.15, -0.1) is 0 Å². The Labute approximate surface area is 85.5 Å². The fourth-order valence-electron chi connectivity index (χ4n) is 1.80. The molecule has 1 heterocycles.